The van der Waals surface area contributed by atoms with Crippen molar-refractivity contribution in [3.8, 4) is 0 Å². The Morgan fingerprint density at radius 2 is 1.79 bits per heavy atom. The van der Waals surface area contributed by atoms with E-state index in [0.717, 1.165) is 18.4 Å². The maximum Gasteiger partial charge on any atom is 0.264 e. The molecule has 0 unspecified atom stereocenters. The third kappa shape index (κ3) is 5.73. The molecule has 0 aromatic heterocycles. The fourth-order valence-corrected chi connectivity index (χ4v) is 5.21. The van der Waals surface area contributed by atoms with Gasteiger partial charge in [0.25, 0.3) is 10.0 Å². The highest BCUT2D eigenvalue weighted by molar-refractivity contribution is 7.92. The number of nitrogens with zero attached hydrogens (tertiary/aromatic N) is 1. The monoisotopic (exact) mass is 434 g/mol. The molecule has 0 spiro atoms. The molecule has 2 aromatic rings. The first-order valence-electron chi connectivity index (χ1n) is 9.98. The Morgan fingerprint density at radius 1 is 1.10 bits per heavy atom. The molecule has 1 amide bonds. The number of carbonyl (C=O) groups excluding carboxylic acids is 1. The van der Waals surface area contributed by atoms with Crippen LogP contribution in [0.1, 0.15) is 37.7 Å². The van der Waals surface area contributed by atoms with Gasteiger partial charge in [-0.15, -0.1) is 0 Å². The maximum absolute atomic E-state index is 13.3. The molecule has 1 aliphatic carbocycles. The summed E-state index contributed by atoms with van der Waals surface area (Å²) in [4.78, 5) is 12.7. The molecule has 1 N–H and O–H groups in total. The largest absolute Gasteiger partial charge is 0.354 e. The van der Waals surface area contributed by atoms with Crippen LogP contribution in [0.4, 0.5) is 5.69 Å². The van der Waals surface area contributed by atoms with Gasteiger partial charge in [0.1, 0.15) is 6.54 Å². The van der Waals surface area contributed by atoms with Crippen LogP contribution in [0.2, 0.25) is 5.02 Å². The van der Waals surface area contributed by atoms with Gasteiger partial charge in [0.05, 0.1) is 10.6 Å². The molecule has 0 radical (unpaired) electrons. The number of halogens is 1. The summed E-state index contributed by atoms with van der Waals surface area (Å²) in [6.07, 6.45) is 5.88. The number of anilines is 1. The van der Waals surface area contributed by atoms with Crippen LogP contribution in [-0.4, -0.2) is 27.4 Å². The summed E-state index contributed by atoms with van der Waals surface area (Å²) in [6.45, 7) is 2.22. The summed E-state index contributed by atoms with van der Waals surface area (Å²) < 4.78 is 27.8. The zero-order valence-electron chi connectivity index (χ0n) is 16.6. The minimum atomic E-state index is -3.91. The molecule has 1 fully saturated rings. The first kappa shape index (κ1) is 21.7. The third-order valence-corrected chi connectivity index (χ3v) is 7.33. The Labute approximate surface area is 178 Å². The smallest absolute Gasteiger partial charge is 0.264 e. The molecule has 3 rings (SSSR count). The van der Waals surface area contributed by atoms with E-state index in [9.17, 15) is 13.2 Å². The lowest BCUT2D eigenvalue weighted by molar-refractivity contribution is -0.119. The Balaban J connectivity index is 1.81. The van der Waals surface area contributed by atoms with E-state index < -0.39 is 10.0 Å². The zero-order chi connectivity index (χ0) is 20.9. The number of rotatable bonds is 7. The summed E-state index contributed by atoms with van der Waals surface area (Å²) >= 11 is 5.91. The van der Waals surface area contributed by atoms with E-state index in [1.807, 2.05) is 13.0 Å². The number of amides is 1. The van der Waals surface area contributed by atoms with E-state index in [2.05, 4.69) is 5.32 Å². The van der Waals surface area contributed by atoms with Crippen LogP contribution >= 0.6 is 11.6 Å². The molecular formula is C22H27ClN2O3S. The second-order valence-corrected chi connectivity index (χ2v) is 9.91. The topological polar surface area (TPSA) is 66.5 Å². The van der Waals surface area contributed by atoms with Gasteiger partial charge in [-0.05, 0) is 67.6 Å². The van der Waals surface area contributed by atoms with E-state index >= 15 is 0 Å². The number of nitrogens with one attached hydrogen (secondary N) is 1. The average Bonchev–Trinajstić information content (AvgIpc) is 2.71. The highest BCUT2D eigenvalue weighted by atomic mass is 35.5. The van der Waals surface area contributed by atoms with Gasteiger partial charge in [-0.25, -0.2) is 8.42 Å². The molecule has 7 heteroatoms. The van der Waals surface area contributed by atoms with Crippen molar-refractivity contribution in [3.63, 3.8) is 0 Å². The van der Waals surface area contributed by atoms with Crippen LogP contribution in [0.25, 0.3) is 0 Å². The summed E-state index contributed by atoms with van der Waals surface area (Å²) in [7, 11) is -3.91. The standard InChI is InChI=1S/C22H27ClN2O3S/c1-17-6-5-9-20(14-17)25(29(27,28)21-12-10-19(23)11-13-21)16-22(26)24-15-18-7-3-2-4-8-18/h5-6,9-14,18H,2-4,7-8,15-16H2,1H3,(H,24,26). The van der Waals surface area contributed by atoms with Gasteiger partial charge in [0, 0.05) is 11.6 Å². The molecular weight excluding hydrogens is 408 g/mol. The fourth-order valence-electron chi connectivity index (χ4n) is 3.67. The van der Waals surface area contributed by atoms with E-state index in [-0.39, 0.29) is 17.3 Å². The van der Waals surface area contributed by atoms with Gasteiger partial charge in [-0.2, -0.15) is 0 Å². The van der Waals surface area contributed by atoms with Crippen LogP contribution in [0.5, 0.6) is 0 Å². The van der Waals surface area contributed by atoms with Gasteiger partial charge in [0.2, 0.25) is 5.91 Å². The lowest BCUT2D eigenvalue weighted by Gasteiger charge is -2.26. The Kier molecular flexibility index (Phi) is 7.19. The molecule has 2 aromatic carbocycles. The van der Waals surface area contributed by atoms with Crippen LogP contribution < -0.4 is 9.62 Å². The minimum Gasteiger partial charge on any atom is -0.354 e. The molecule has 0 heterocycles. The van der Waals surface area contributed by atoms with Gasteiger partial charge in [-0.3, -0.25) is 9.10 Å². The number of carbonyl (C=O) groups is 1. The number of hydrogen-bond acceptors (Lipinski definition) is 3. The lowest BCUT2D eigenvalue weighted by Crippen LogP contribution is -2.42. The molecule has 29 heavy (non-hydrogen) atoms. The zero-order valence-corrected chi connectivity index (χ0v) is 18.2. The second-order valence-electron chi connectivity index (χ2n) is 7.61. The minimum absolute atomic E-state index is 0.100. The Bertz CT molecular complexity index is 939. The van der Waals surface area contributed by atoms with Crippen molar-refractivity contribution in [3.05, 3.63) is 59.1 Å². The normalized spacial score (nSPS) is 15.1. The third-order valence-electron chi connectivity index (χ3n) is 5.29. The fraction of sp³-hybridized carbons (Fsp3) is 0.409. The van der Waals surface area contributed by atoms with E-state index in [1.54, 1.807) is 18.2 Å². The van der Waals surface area contributed by atoms with Gasteiger partial charge >= 0.3 is 0 Å². The van der Waals surface area contributed by atoms with Gasteiger partial charge < -0.3 is 5.32 Å². The Hall–Kier alpha value is -2.05. The predicted molar refractivity (Wildman–Crippen MR) is 117 cm³/mol. The van der Waals surface area contributed by atoms with Crippen molar-refractivity contribution in [1.82, 2.24) is 5.32 Å². The number of sulfonamides is 1. The van der Waals surface area contributed by atoms with Crippen LogP contribution in [0.3, 0.4) is 0 Å². The average molecular weight is 435 g/mol. The first-order valence-corrected chi connectivity index (χ1v) is 11.8. The second kappa shape index (κ2) is 9.63. The number of aryl methyl sites for hydroxylation is 1. The molecule has 5 nitrogen and oxygen atoms in total. The van der Waals surface area contributed by atoms with Crippen LogP contribution in [-0.2, 0) is 14.8 Å². The van der Waals surface area contributed by atoms with Crippen molar-refractivity contribution >= 4 is 33.2 Å². The van der Waals surface area contributed by atoms with Gasteiger partial charge in [-0.1, -0.05) is 43.0 Å². The van der Waals surface area contributed by atoms with Crippen molar-refractivity contribution in [2.45, 2.75) is 43.9 Å². The molecule has 1 aliphatic rings. The van der Waals surface area contributed by atoms with E-state index in [4.69, 9.17) is 11.6 Å². The van der Waals surface area contributed by atoms with Crippen molar-refractivity contribution < 1.29 is 13.2 Å². The van der Waals surface area contributed by atoms with Crippen molar-refractivity contribution in [1.29, 1.82) is 0 Å². The summed E-state index contributed by atoms with van der Waals surface area (Å²) in [5.74, 6) is 0.183. The summed E-state index contributed by atoms with van der Waals surface area (Å²) in [6, 6.07) is 13.1. The molecule has 0 bridgehead atoms. The maximum atomic E-state index is 13.3. The van der Waals surface area contributed by atoms with Crippen LogP contribution in [0, 0.1) is 12.8 Å². The first-order chi connectivity index (χ1) is 13.9. The van der Waals surface area contributed by atoms with Crippen LogP contribution in [0.15, 0.2) is 53.4 Å². The highest BCUT2D eigenvalue weighted by Gasteiger charge is 2.27. The number of benzene rings is 2. The van der Waals surface area contributed by atoms with Crippen molar-refractivity contribution in [2.24, 2.45) is 5.92 Å². The van der Waals surface area contributed by atoms with Crippen molar-refractivity contribution in [2.75, 3.05) is 17.4 Å². The molecule has 0 saturated heterocycles. The highest BCUT2D eigenvalue weighted by Crippen LogP contribution is 2.26. The quantitative estimate of drug-likeness (QED) is 0.695. The predicted octanol–water partition coefficient (Wildman–Crippen LogP) is 4.54. The molecule has 156 valence electrons. The molecule has 1 saturated carbocycles. The van der Waals surface area contributed by atoms with E-state index in [0.29, 0.717) is 23.2 Å². The summed E-state index contributed by atoms with van der Waals surface area (Å²) in [5.41, 5.74) is 1.38. The van der Waals surface area contributed by atoms with E-state index in [1.165, 1.54) is 47.8 Å². The number of hydrogen-bond donors (Lipinski definition) is 1. The lowest BCUT2D eigenvalue weighted by atomic mass is 9.89. The van der Waals surface area contributed by atoms with Gasteiger partial charge in [0.15, 0.2) is 0 Å². The SMILES string of the molecule is Cc1cccc(N(CC(=O)NCC2CCCCC2)S(=O)(=O)c2ccc(Cl)cc2)c1. The summed E-state index contributed by atoms with van der Waals surface area (Å²) in [5, 5.41) is 3.39. The molecule has 0 atom stereocenters. The molecule has 0 aliphatic heterocycles. The Morgan fingerprint density at radius 3 is 2.45 bits per heavy atom.